The van der Waals surface area contributed by atoms with E-state index in [1.54, 1.807) is 18.4 Å². The zero-order valence-electron chi connectivity index (χ0n) is 18.2. The minimum atomic E-state index is -0.466. The fourth-order valence-corrected chi connectivity index (χ4v) is 3.74. The summed E-state index contributed by atoms with van der Waals surface area (Å²) in [5.41, 5.74) is 6.08. The van der Waals surface area contributed by atoms with Crippen molar-refractivity contribution in [2.45, 2.75) is 33.2 Å². The van der Waals surface area contributed by atoms with Crippen molar-refractivity contribution in [2.75, 3.05) is 43.8 Å². The molecule has 0 spiro atoms. The largest absolute Gasteiger partial charge is 0.461 e. The normalized spacial score (nSPS) is 16.2. The molecule has 0 radical (unpaired) electrons. The molecule has 1 amide bonds. The van der Waals surface area contributed by atoms with Crippen molar-refractivity contribution in [3.05, 3.63) is 18.4 Å². The van der Waals surface area contributed by atoms with E-state index in [1.807, 2.05) is 18.7 Å². The lowest BCUT2D eigenvalue weighted by Gasteiger charge is -2.37. The van der Waals surface area contributed by atoms with Crippen LogP contribution in [-0.4, -0.2) is 79.0 Å². The summed E-state index contributed by atoms with van der Waals surface area (Å²) in [6, 6.07) is 3.04. The lowest BCUT2D eigenvalue weighted by atomic mass is 10.0. The molecule has 4 rings (SSSR count). The molecule has 166 valence electrons. The van der Waals surface area contributed by atoms with Crippen molar-refractivity contribution in [3.8, 4) is 11.6 Å². The number of fused-ring (bicyclic) bond motifs is 1. The number of hydrogen-bond acceptors (Lipinski definition) is 9. The summed E-state index contributed by atoms with van der Waals surface area (Å²) >= 11 is 0. The molecule has 0 bridgehead atoms. The molecule has 11 heteroatoms. The first-order valence-electron chi connectivity index (χ1n) is 10.7. The summed E-state index contributed by atoms with van der Waals surface area (Å²) in [5, 5.41) is 7.47. The average Bonchev–Trinajstić information content (AvgIpc) is 3.42. The molecule has 0 aromatic carbocycles. The van der Waals surface area contributed by atoms with Crippen LogP contribution in [0.4, 0.5) is 11.9 Å². The number of amides is 1. The van der Waals surface area contributed by atoms with Gasteiger partial charge in [-0.3, -0.25) is 9.69 Å². The Balaban J connectivity index is 1.52. The van der Waals surface area contributed by atoms with Crippen LogP contribution in [0, 0.1) is 5.92 Å². The second kappa shape index (κ2) is 8.88. The van der Waals surface area contributed by atoms with E-state index in [0.717, 1.165) is 39.1 Å². The van der Waals surface area contributed by atoms with Crippen molar-refractivity contribution >= 4 is 23.6 Å². The Morgan fingerprint density at radius 2 is 2.00 bits per heavy atom. The highest BCUT2D eigenvalue weighted by molar-refractivity contribution is 5.84. The summed E-state index contributed by atoms with van der Waals surface area (Å²) < 4.78 is 6.69. The molecule has 1 saturated heterocycles. The first kappa shape index (κ1) is 21.0. The highest BCUT2D eigenvalue weighted by Gasteiger charge is 2.30. The van der Waals surface area contributed by atoms with E-state index in [0.29, 0.717) is 11.6 Å². The van der Waals surface area contributed by atoms with Crippen LogP contribution in [0.2, 0.25) is 0 Å². The van der Waals surface area contributed by atoms with E-state index in [2.05, 4.69) is 37.2 Å². The fraction of sp³-hybridized carbons (Fsp3) is 0.550. The lowest BCUT2D eigenvalue weighted by molar-refractivity contribution is -0.134. The molecule has 0 aliphatic carbocycles. The minimum Gasteiger partial charge on any atom is -0.461 e. The maximum absolute atomic E-state index is 13.2. The second-order valence-corrected chi connectivity index (χ2v) is 8.06. The van der Waals surface area contributed by atoms with Gasteiger partial charge in [-0.2, -0.15) is 19.5 Å². The third kappa shape index (κ3) is 4.46. The maximum Gasteiger partial charge on any atom is 0.259 e. The molecule has 1 aliphatic heterocycles. The van der Waals surface area contributed by atoms with E-state index >= 15 is 0 Å². The predicted octanol–water partition coefficient (Wildman–Crippen LogP) is 1.35. The minimum absolute atomic E-state index is 0.0405. The molecule has 1 aliphatic rings. The van der Waals surface area contributed by atoms with E-state index in [9.17, 15) is 4.79 Å². The molecule has 0 unspecified atom stereocenters. The summed E-state index contributed by atoms with van der Waals surface area (Å²) in [6.07, 6.45) is 2.67. The maximum atomic E-state index is 13.2. The Kier molecular flexibility index (Phi) is 6.03. The third-order valence-corrected chi connectivity index (χ3v) is 5.42. The van der Waals surface area contributed by atoms with Crippen LogP contribution in [0.5, 0.6) is 0 Å². The number of aromatic nitrogens is 5. The Morgan fingerprint density at radius 1 is 1.23 bits per heavy atom. The lowest BCUT2D eigenvalue weighted by Crippen LogP contribution is -2.54. The number of anilines is 2. The number of nitrogens with two attached hydrogens (primary N) is 1. The number of nitrogens with one attached hydrogen (secondary N) is 1. The van der Waals surface area contributed by atoms with Crippen LogP contribution in [0.25, 0.3) is 17.4 Å². The summed E-state index contributed by atoms with van der Waals surface area (Å²) in [6.45, 7) is 10.5. The van der Waals surface area contributed by atoms with Gasteiger partial charge in [-0.25, -0.2) is 0 Å². The quantitative estimate of drug-likeness (QED) is 0.573. The standard InChI is InChI=1S/C20H29N9O2/c1-4-7-27-8-10-28(11-9-27)17(30)15(13(2)3)22-19-24-18(21)29-20(25-19)23-16(26-29)14-6-5-12-31-14/h5-6,12-13,15H,4,7-11H2,1-3H3,(H3,21,22,23,24,25,26)/t15-/m0/s1. The van der Waals surface area contributed by atoms with Crippen molar-refractivity contribution in [1.82, 2.24) is 34.4 Å². The van der Waals surface area contributed by atoms with Gasteiger partial charge in [0.05, 0.1) is 6.26 Å². The number of carbonyl (C=O) groups is 1. The van der Waals surface area contributed by atoms with Crippen molar-refractivity contribution in [3.63, 3.8) is 0 Å². The fourth-order valence-electron chi connectivity index (χ4n) is 3.74. The molecule has 1 atom stereocenters. The van der Waals surface area contributed by atoms with Crippen LogP contribution in [0.3, 0.4) is 0 Å². The van der Waals surface area contributed by atoms with Gasteiger partial charge in [0.15, 0.2) is 5.76 Å². The number of rotatable bonds is 7. The first-order valence-corrected chi connectivity index (χ1v) is 10.7. The monoisotopic (exact) mass is 427 g/mol. The molecular formula is C20H29N9O2. The molecule has 4 heterocycles. The van der Waals surface area contributed by atoms with Gasteiger partial charge in [0.25, 0.3) is 5.78 Å². The molecule has 11 nitrogen and oxygen atoms in total. The summed E-state index contributed by atoms with van der Waals surface area (Å²) in [4.78, 5) is 30.6. The molecular weight excluding hydrogens is 398 g/mol. The van der Waals surface area contributed by atoms with Gasteiger partial charge in [0.1, 0.15) is 6.04 Å². The predicted molar refractivity (Wildman–Crippen MR) is 116 cm³/mol. The molecule has 0 saturated carbocycles. The smallest absolute Gasteiger partial charge is 0.259 e. The Hall–Kier alpha value is -3.21. The summed E-state index contributed by atoms with van der Waals surface area (Å²) in [5.74, 6) is 1.62. The van der Waals surface area contributed by atoms with Gasteiger partial charge < -0.3 is 20.4 Å². The van der Waals surface area contributed by atoms with E-state index in [4.69, 9.17) is 10.2 Å². The van der Waals surface area contributed by atoms with Crippen molar-refractivity contribution in [2.24, 2.45) is 5.92 Å². The van der Waals surface area contributed by atoms with E-state index < -0.39 is 6.04 Å². The number of furan rings is 1. The highest BCUT2D eigenvalue weighted by Crippen LogP contribution is 2.19. The first-order chi connectivity index (χ1) is 15.0. The van der Waals surface area contributed by atoms with Gasteiger partial charge >= 0.3 is 0 Å². The number of carbonyl (C=O) groups excluding carboxylic acids is 1. The summed E-state index contributed by atoms with van der Waals surface area (Å²) in [7, 11) is 0. The Bertz CT molecular complexity index is 1020. The Labute approximate surface area is 180 Å². The molecule has 1 fully saturated rings. The average molecular weight is 428 g/mol. The molecule has 3 aromatic rings. The zero-order chi connectivity index (χ0) is 22.0. The highest BCUT2D eigenvalue weighted by atomic mass is 16.3. The van der Waals surface area contributed by atoms with Crippen molar-refractivity contribution < 1.29 is 9.21 Å². The van der Waals surface area contributed by atoms with Crippen LogP contribution < -0.4 is 11.1 Å². The van der Waals surface area contributed by atoms with Crippen LogP contribution >= 0.6 is 0 Å². The van der Waals surface area contributed by atoms with Gasteiger partial charge in [-0.05, 0) is 31.0 Å². The Morgan fingerprint density at radius 3 is 2.65 bits per heavy atom. The van der Waals surface area contributed by atoms with Crippen LogP contribution in [0.15, 0.2) is 22.8 Å². The zero-order valence-corrected chi connectivity index (χ0v) is 18.2. The van der Waals surface area contributed by atoms with E-state index in [-0.39, 0.29) is 29.5 Å². The third-order valence-electron chi connectivity index (χ3n) is 5.42. The molecule has 31 heavy (non-hydrogen) atoms. The van der Waals surface area contributed by atoms with Crippen molar-refractivity contribution in [1.29, 1.82) is 0 Å². The number of nitrogen functional groups attached to an aromatic ring is 1. The van der Waals surface area contributed by atoms with Gasteiger partial charge in [-0.1, -0.05) is 20.8 Å². The van der Waals surface area contributed by atoms with E-state index in [1.165, 1.54) is 4.52 Å². The number of piperazine rings is 1. The number of hydrogen-bond donors (Lipinski definition) is 2. The van der Waals surface area contributed by atoms with Gasteiger partial charge in [-0.15, -0.1) is 5.10 Å². The van der Waals surface area contributed by atoms with Gasteiger partial charge in [0.2, 0.25) is 23.6 Å². The van der Waals surface area contributed by atoms with Gasteiger partial charge in [0, 0.05) is 26.2 Å². The molecule has 3 aromatic heterocycles. The SMILES string of the molecule is CCCN1CCN(C(=O)[C@@H](Nc2nc(N)n3nc(-c4ccco4)nc3n2)C(C)C)CC1. The van der Waals surface area contributed by atoms with Crippen LogP contribution in [-0.2, 0) is 4.79 Å². The van der Waals surface area contributed by atoms with Crippen LogP contribution in [0.1, 0.15) is 27.2 Å². The molecule has 3 N–H and O–H groups in total. The topological polar surface area (TPSA) is 131 Å². The second-order valence-electron chi connectivity index (χ2n) is 8.06. The number of nitrogens with zero attached hydrogens (tertiary/aromatic N) is 7.